The molecule has 4 N–H and O–H groups in total. The zero-order valence-electron chi connectivity index (χ0n) is 16.6. The molecule has 0 saturated carbocycles. The molecule has 3 aromatic rings. The van der Waals surface area contributed by atoms with E-state index in [1.807, 2.05) is 32.0 Å². The third-order valence-electron chi connectivity index (χ3n) is 4.18. The van der Waals surface area contributed by atoms with Crippen molar-refractivity contribution >= 4 is 45.6 Å². The van der Waals surface area contributed by atoms with Crippen LogP contribution in [0.5, 0.6) is 0 Å². The van der Waals surface area contributed by atoms with Crippen molar-refractivity contribution in [3.63, 3.8) is 0 Å². The summed E-state index contributed by atoms with van der Waals surface area (Å²) in [7, 11) is 0. The minimum atomic E-state index is -0.388. The first-order valence-corrected chi connectivity index (χ1v) is 10.2. The molecule has 3 rings (SSSR count). The van der Waals surface area contributed by atoms with Crippen molar-refractivity contribution < 1.29 is 14.4 Å². The van der Waals surface area contributed by atoms with E-state index in [1.54, 1.807) is 42.5 Å². The number of aryl methyl sites for hydroxylation is 1. The Morgan fingerprint density at radius 1 is 0.867 bits per heavy atom. The Bertz CT molecular complexity index is 1060. The Morgan fingerprint density at radius 3 is 2.37 bits per heavy atom. The monoisotopic (exact) mass is 422 g/mol. The Labute approximate surface area is 178 Å². The van der Waals surface area contributed by atoms with E-state index in [4.69, 9.17) is 0 Å². The van der Waals surface area contributed by atoms with Crippen molar-refractivity contribution in [2.24, 2.45) is 0 Å². The molecule has 0 saturated heterocycles. The molecule has 0 aliphatic carbocycles. The van der Waals surface area contributed by atoms with Crippen molar-refractivity contribution in [2.45, 2.75) is 13.8 Å². The molecule has 7 nitrogen and oxygen atoms in total. The second-order valence-electron chi connectivity index (χ2n) is 6.45. The van der Waals surface area contributed by atoms with Crippen molar-refractivity contribution in [1.82, 2.24) is 5.32 Å². The second kappa shape index (κ2) is 9.71. The predicted octanol–water partition coefficient (Wildman–Crippen LogP) is 4.70. The molecule has 4 amide bonds. The van der Waals surface area contributed by atoms with Gasteiger partial charge in [-0.05, 0) is 55.8 Å². The van der Waals surface area contributed by atoms with Gasteiger partial charge in [-0.1, -0.05) is 24.3 Å². The number of anilines is 3. The highest BCUT2D eigenvalue weighted by Crippen LogP contribution is 2.24. The molecule has 0 unspecified atom stereocenters. The van der Waals surface area contributed by atoms with Crippen molar-refractivity contribution in [2.75, 3.05) is 22.5 Å². The number of carbonyl (C=O) groups excluding carboxylic acids is 3. The summed E-state index contributed by atoms with van der Waals surface area (Å²) in [5.41, 5.74) is 2.55. The first kappa shape index (κ1) is 21.1. The Hall–Kier alpha value is -3.65. The molecule has 2 aromatic carbocycles. The van der Waals surface area contributed by atoms with Crippen LogP contribution in [0.4, 0.5) is 21.2 Å². The van der Waals surface area contributed by atoms with E-state index >= 15 is 0 Å². The molecule has 0 fully saturated rings. The lowest BCUT2D eigenvalue weighted by Crippen LogP contribution is -2.23. The summed E-state index contributed by atoms with van der Waals surface area (Å²) < 4.78 is 0. The molecule has 1 aromatic heterocycles. The van der Waals surface area contributed by atoms with Gasteiger partial charge in [-0.15, -0.1) is 11.3 Å². The van der Waals surface area contributed by atoms with Gasteiger partial charge in [0.1, 0.15) is 0 Å². The molecular formula is C22H22N4O3S. The van der Waals surface area contributed by atoms with Crippen LogP contribution in [-0.2, 0) is 0 Å². The second-order valence-corrected chi connectivity index (χ2v) is 7.54. The minimum Gasteiger partial charge on any atom is -0.352 e. The summed E-state index contributed by atoms with van der Waals surface area (Å²) in [6.45, 7) is 4.22. The fraction of sp³-hybridized carbons (Fsp3) is 0.136. The van der Waals surface area contributed by atoms with E-state index in [0.29, 0.717) is 33.4 Å². The van der Waals surface area contributed by atoms with Crippen LogP contribution in [0.15, 0.2) is 60.7 Å². The molecule has 1 heterocycles. The topological polar surface area (TPSA) is 99.3 Å². The van der Waals surface area contributed by atoms with Gasteiger partial charge in [0.25, 0.3) is 11.8 Å². The highest BCUT2D eigenvalue weighted by molar-refractivity contribution is 7.18. The number of hydrogen-bond acceptors (Lipinski definition) is 4. The summed E-state index contributed by atoms with van der Waals surface area (Å²) in [5.74, 6) is -0.507. The van der Waals surface area contributed by atoms with Crippen LogP contribution in [0.1, 0.15) is 32.5 Å². The summed E-state index contributed by atoms with van der Waals surface area (Å²) in [6.07, 6.45) is 0. The minimum absolute atomic E-state index is 0.194. The van der Waals surface area contributed by atoms with Gasteiger partial charge in [0, 0.05) is 23.5 Å². The average Bonchev–Trinajstić information content (AvgIpc) is 3.19. The van der Waals surface area contributed by atoms with E-state index in [-0.39, 0.29) is 17.8 Å². The predicted molar refractivity (Wildman–Crippen MR) is 121 cm³/mol. The lowest BCUT2D eigenvalue weighted by Gasteiger charge is -2.10. The molecule has 0 spiro atoms. The number of para-hydroxylation sites is 1. The molecule has 8 heteroatoms. The first-order chi connectivity index (χ1) is 14.5. The van der Waals surface area contributed by atoms with Gasteiger partial charge >= 0.3 is 6.03 Å². The van der Waals surface area contributed by atoms with Crippen LogP contribution in [-0.4, -0.2) is 24.4 Å². The van der Waals surface area contributed by atoms with Crippen LogP contribution in [0.3, 0.4) is 0 Å². The first-order valence-electron chi connectivity index (χ1n) is 9.39. The van der Waals surface area contributed by atoms with Gasteiger partial charge in [-0.3, -0.25) is 14.9 Å². The van der Waals surface area contributed by atoms with E-state index in [2.05, 4.69) is 21.3 Å². The van der Waals surface area contributed by atoms with Gasteiger partial charge in [-0.25, -0.2) is 4.79 Å². The van der Waals surface area contributed by atoms with E-state index < -0.39 is 0 Å². The number of nitrogens with one attached hydrogen (secondary N) is 4. The van der Waals surface area contributed by atoms with Gasteiger partial charge in [0.2, 0.25) is 0 Å². The Morgan fingerprint density at radius 2 is 1.63 bits per heavy atom. The van der Waals surface area contributed by atoms with Crippen molar-refractivity contribution in [1.29, 1.82) is 0 Å². The van der Waals surface area contributed by atoms with E-state index in [9.17, 15) is 14.4 Å². The molecule has 154 valence electrons. The number of urea groups is 1. The lowest BCUT2D eigenvalue weighted by atomic mass is 10.1. The normalized spacial score (nSPS) is 10.2. The summed E-state index contributed by atoms with van der Waals surface area (Å²) in [4.78, 5) is 37.2. The fourth-order valence-electron chi connectivity index (χ4n) is 2.67. The van der Waals surface area contributed by atoms with E-state index in [1.165, 1.54) is 0 Å². The number of hydrogen-bond donors (Lipinski definition) is 4. The maximum absolute atomic E-state index is 12.6. The SMILES string of the molecule is CCNC(=O)c1ccc(C)c(NC(=O)c2ccc(NC(=O)Nc3ccccc3)s2)c1. The third kappa shape index (κ3) is 5.45. The van der Waals surface area contributed by atoms with Gasteiger partial charge in [-0.2, -0.15) is 0 Å². The maximum atomic E-state index is 12.6. The molecular weight excluding hydrogens is 400 g/mol. The van der Waals surface area contributed by atoms with Gasteiger partial charge in [0.15, 0.2) is 0 Å². The Kier molecular flexibility index (Phi) is 6.82. The summed E-state index contributed by atoms with van der Waals surface area (Å²) in [6, 6.07) is 17.2. The van der Waals surface area contributed by atoms with Crippen molar-refractivity contribution in [3.05, 3.63) is 76.7 Å². The highest BCUT2D eigenvalue weighted by Gasteiger charge is 2.14. The summed E-state index contributed by atoms with van der Waals surface area (Å²) >= 11 is 1.16. The molecule has 0 aliphatic rings. The highest BCUT2D eigenvalue weighted by atomic mass is 32.1. The number of benzene rings is 2. The zero-order valence-corrected chi connectivity index (χ0v) is 17.4. The smallest absolute Gasteiger partial charge is 0.324 e. The lowest BCUT2D eigenvalue weighted by molar-refractivity contribution is 0.0954. The molecule has 0 radical (unpaired) electrons. The maximum Gasteiger partial charge on any atom is 0.324 e. The van der Waals surface area contributed by atoms with Crippen LogP contribution < -0.4 is 21.3 Å². The fourth-order valence-corrected chi connectivity index (χ4v) is 3.46. The van der Waals surface area contributed by atoms with Crippen LogP contribution in [0.25, 0.3) is 0 Å². The Balaban J connectivity index is 1.64. The van der Waals surface area contributed by atoms with E-state index in [0.717, 1.165) is 16.9 Å². The quantitative estimate of drug-likeness (QED) is 0.463. The largest absolute Gasteiger partial charge is 0.352 e. The van der Waals surface area contributed by atoms with Crippen molar-refractivity contribution in [3.8, 4) is 0 Å². The van der Waals surface area contributed by atoms with Crippen LogP contribution in [0.2, 0.25) is 0 Å². The molecule has 0 aliphatic heterocycles. The molecule has 30 heavy (non-hydrogen) atoms. The van der Waals surface area contributed by atoms with Crippen LogP contribution in [0, 0.1) is 6.92 Å². The van der Waals surface area contributed by atoms with Crippen LogP contribution >= 0.6 is 11.3 Å². The standard InChI is InChI=1S/C22H22N4O3S/c1-3-23-20(27)15-10-9-14(2)17(13-15)25-21(28)18-11-12-19(30-18)26-22(29)24-16-7-5-4-6-8-16/h4-13H,3H2,1-2H3,(H,23,27)(H,25,28)(H2,24,26,29). The zero-order chi connectivity index (χ0) is 21.5. The number of thiophene rings is 1. The average molecular weight is 423 g/mol. The number of rotatable bonds is 6. The molecule has 0 atom stereocenters. The molecule has 0 bridgehead atoms. The number of carbonyl (C=O) groups is 3. The van der Waals surface area contributed by atoms with Gasteiger partial charge in [0.05, 0.1) is 9.88 Å². The summed E-state index contributed by atoms with van der Waals surface area (Å²) in [5, 5.41) is 11.5. The number of amides is 4. The third-order valence-corrected chi connectivity index (χ3v) is 5.18. The van der Waals surface area contributed by atoms with Gasteiger partial charge < -0.3 is 16.0 Å².